The Hall–Kier alpha value is -2.63. The van der Waals surface area contributed by atoms with E-state index < -0.39 is 0 Å². The van der Waals surface area contributed by atoms with E-state index in [1.54, 1.807) is 6.33 Å². The van der Waals surface area contributed by atoms with E-state index >= 15 is 0 Å². The fourth-order valence-electron chi connectivity index (χ4n) is 3.26. The van der Waals surface area contributed by atoms with Gasteiger partial charge in [-0.15, -0.1) is 0 Å². The van der Waals surface area contributed by atoms with Crippen LogP contribution < -0.4 is 5.32 Å². The number of carbonyl (C=O) groups excluding carboxylic acids is 1. The summed E-state index contributed by atoms with van der Waals surface area (Å²) in [6.45, 7) is 3.41. The van der Waals surface area contributed by atoms with Crippen LogP contribution in [0.25, 0.3) is 11.0 Å². The Morgan fingerprint density at radius 3 is 3.00 bits per heavy atom. The van der Waals surface area contributed by atoms with Crippen LogP contribution in [-0.2, 0) is 11.3 Å². The van der Waals surface area contributed by atoms with Crippen LogP contribution >= 0.6 is 0 Å². The molecule has 25 heavy (non-hydrogen) atoms. The molecular weight excluding hydrogens is 314 g/mol. The number of benzene rings is 1. The first-order chi connectivity index (χ1) is 12.2. The Labute approximate surface area is 146 Å². The molecule has 1 aliphatic rings. The molecule has 4 rings (SSSR count). The monoisotopic (exact) mass is 337 g/mol. The van der Waals surface area contributed by atoms with Crippen LogP contribution in [0.15, 0.2) is 42.9 Å². The highest BCUT2D eigenvalue weighted by atomic mass is 16.2. The summed E-state index contributed by atoms with van der Waals surface area (Å²) >= 11 is 0. The van der Waals surface area contributed by atoms with Crippen molar-refractivity contribution >= 4 is 16.9 Å². The standard InChI is InChI=1S/C19H23N5O/c1-14(23-13-21-16-5-2-3-6-18(16)23)19(25)20-10-4-12-24-17(9-11-22-24)15-7-8-15/h2-3,5-6,9,11,13-15H,4,7-8,10,12H2,1H3,(H,20,25). The quantitative estimate of drug-likeness (QED) is 0.674. The SMILES string of the molecule is CC(C(=O)NCCCn1nccc1C1CC1)n1cnc2ccccc21. The Morgan fingerprint density at radius 1 is 1.32 bits per heavy atom. The zero-order valence-corrected chi connectivity index (χ0v) is 14.4. The van der Waals surface area contributed by atoms with Crippen molar-refractivity contribution in [3.8, 4) is 0 Å². The van der Waals surface area contributed by atoms with Gasteiger partial charge >= 0.3 is 0 Å². The lowest BCUT2D eigenvalue weighted by atomic mass is 10.2. The van der Waals surface area contributed by atoms with E-state index in [4.69, 9.17) is 0 Å². The Kier molecular flexibility index (Phi) is 4.26. The van der Waals surface area contributed by atoms with E-state index in [9.17, 15) is 4.79 Å². The molecule has 1 aromatic carbocycles. The predicted molar refractivity (Wildman–Crippen MR) is 96.3 cm³/mol. The summed E-state index contributed by atoms with van der Waals surface area (Å²) in [7, 11) is 0. The minimum absolute atomic E-state index is 0.0195. The lowest BCUT2D eigenvalue weighted by molar-refractivity contribution is -0.123. The van der Waals surface area contributed by atoms with E-state index in [0.29, 0.717) is 12.5 Å². The largest absolute Gasteiger partial charge is 0.354 e. The topological polar surface area (TPSA) is 64.7 Å². The second-order valence-electron chi connectivity index (χ2n) is 6.71. The van der Waals surface area contributed by atoms with Gasteiger partial charge in [0.05, 0.1) is 17.4 Å². The van der Waals surface area contributed by atoms with Crippen molar-refractivity contribution in [2.24, 2.45) is 0 Å². The maximum absolute atomic E-state index is 12.4. The number of aryl methyl sites for hydroxylation is 1. The summed E-state index contributed by atoms with van der Waals surface area (Å²) in [5.74, 6) is 0.720. The zero-order valence-electron chi connectivity index (χ0n) is 14.4. The molecule has 3 aromatic rings. The summed E-state index contributed by atoms with van der Waals surface area (Å²) in [5.41, 5.74) is 3.23. The number of amides is 1. The van der Waals surface area contributed by atoms with E-state index in [-0.39, 0.29) is 11.9 Å². The number of nitrogens with one attached hydrogen (secondary N) is 1. The predicted octanol–water partition coefficient (Wildman–Crippen LogP) is 2.88. The summed E-state index contributed by atoms with van der Waals surface area (Å²) < 4.78 is 4.00. The van der Waals surface area contributed by atoms with E-state index in [2.05, 4.69) is 26.1 Å². The first-order valence-electron chi connectivity index (χ1n) is 8.95. The van der Waals surface area contributed by atoms with Crippen molar-refractivity contribution in [2.75, 3.05) is 6.54 Å². The van der Waals surface area contributed by atoms with Crippen molar-refractivity contribution < 1.29 is 4.79 Å². The second-order valence-corrected chi connectivity index (χ2v) is 6.71. The molecule has 6 heteroatoms. The van der Waals surface area contributed by atoms with Crippen LogP contribution in [0.2, 0.25) is 0 Å². The molecule has 1 aliphatic carbocycles. The van der Waals surface area contributed by atoms with E-state index in [0.717, 1.165) is 24.0 Å². The van der Waals surface area contributed by atoms with Crippen LogP contribution in [0, 0.1) is 0 Å². The van der Waals surface area contributed by atoms with Gasteiger partial charge in [-0.25, -0.2) is 4.98 Å². The highest BCUT2D eigenvalue weighted by Crippen LogP contribution is 2.39. The molecule has 1 N–H and O–H groups in total. The number of hydrogen-bond acceptors (Lipinski definition) is 3. The summed E-state index contributed by atoms with van der Waals surface area (Å²) in [5, 5.41) is 7.43. The number of hydrogen-bond donors (Lipinski definition) is 1. The van der Waals surface area contributed by atoms with Crippen molar-refractivity contribution in [2.45, 2.75) is 44.7 Å². The molecular formula is C19H23N5O. The number of para-hydroxylation sites is 2. The molecule has 0 saturated heterocycles. The highest BCUT2D eigenvalue weighted by molar-refractivity contribution is 5.83. The lowest BCUT2D eigenvalue weighted by Crippen LogP contribution is -2.32. The minimum atomic E-state index is -0.279. The number of aromatic nitrogens is 4. The molecule has 1 saturated carbocycles. The number of rotatable bonds is 7. The summed E-state index contributed by atoms with van der Waals surface area (Å²) in [6, 6.07) is 9.70. The molecule has 1 unspecified atom stereocenters. The van der Waals surface area contributed by atoms with Crippen molar-refractivity contribution in [1.29, 1.82) is 0 Å². The first-order valence-corrected chi connectivity index (χ1v) is 8.95. The zero-order chi connectivity index (χ0) is 17.2. The normalized spacial score (nSPS) is 15.4. The van der Waals surface area contributed by atoms with Gasteiger partial charge in [-0.2, -0.15) is 5.10 Å². The smallest absolute Gasteiger partial charge is 0.242 e. The van der Waals surface area contributed by atoms with Crippen LogP contribution in [0.1, 0.15) is 43.8 Å². The van der Waals surface area contributed by atoms with E-state index in [1.165, 1.54) is 18.5 Å². The van der Waals surface area contributed by atoms with Gasteiger partial charge in [0.15, 0.2) is 0 Å². The molecule has 1 amide bonds. The van der Waals surface area contributed by atoms with Gasteiger partial charge in [0.25, 0.3) is 0 Å². The number of imidazole rings is 1. The number of carbonyl (C=O) groups is 1. The molecule has 130 valence electrons. The lowest BCUT2D eigenvalue weighted by Gasteiger charge is -2.15. The third-order valence-corrected chi connectivity index (χ3v) is 4.87. The van der Waals surface area contributed by atoms with Gasteiger partial charge in [-0.05, 0) is 44.4 Å². The van der Waals surface area contributed by atoms with Gasteiger partial charge in [0.1, 0.15) is 6.04 Å². The average Bonchev–Trinajstić information content (AvgIpc) is 3.21. The Balaban J connectivity index is 1.30. The molecule has 0 aliphatic heterocycles. The minimum Gasteiger partial charge on any atom is -0.354 e. The fraction of sp³-hybridized carbons (Fsp3) is 0.421. The van der Waals surface area contributed by atoms with Gasteiger partial charge in [0, 0.05) is 30.9 Å². The van der Waals surface area contributed by atoms with Crippen LogP contribution in [0.3, 0.4) is 0 Å². The van der Waals surface area contributed by atoms with Crippen molar-refractivity contribution in [3.05, 3.63) is 48.5 Å². The molecule has 0 spiro atoms. The molecule has 1 atom stereocenters. The third-order valence-electron chi connectivity index (χ3n) is 4.87. The number of nitrogens with zero attached hydrogens (tertiary/aromatic N) is 4. The molecule has 6 nitrogen and oxygen atoms in total. The van der Waals surface area contributed by atoms with Crippen molar-refractivity contribution in [3.63, 3.8) is 0 Å². The second kappa shape index (κ2) is 6.70. The van der Waals surface area contributed by atoms with Crippen molar-refractivity contribution in [1.82, 2.24) is 24.6 Å². The van der Waals surface area contributed by atoms with Crippen LogP contribution in [0.4, 0.5) is 0 Å². The third kappa shape index (κ3) is 3.29. The molecule has 1 fully saturated rings. The van der Waals surface area contributed by atoms with Gasteiger partial charge in [0.2, 0.25) is 5.91 Å². The van der Waals surface area contributed by atoms with Gasteiger partial charge < -0.3 is 9.88 Å². The first kappa shape index (κ1) is 15.9. The van der Waals surface area contributed by atoms with Crippen LogP contribution in [-0.4, -0.2) is 31.8 Å². The van der Waals surface area contributed by atoms with Gasteiger partial charge in [-0.1, -0.05) is 12.1 Å². The summed E-state index contributed by atoms with van der Waals surface area (Å²) in [6.07, 6.45) is 7.04. The van der Waals surface area contributed by atoms with Gasteiger partial charge in [-0.3, -0.25) is 9.48 Å². The average molecular weight is 337 g/mol. The molecule has 0 radical (unpaired) electrons. The molecule has 0 bridgehead atoms. The summed E-state index contributed by atoms with van der Waals surface area (Å²) in [4.78, 5) is 16.8. The fourth-order valence-corrected chi connectivity index (χ4v) is 3.26. The highest BCUT2D eigenvalue weighted by Gasteiger charge is 2.26. The maximum Gasteiger partial charge on any atom is 0.242 e. The van der Waals surface area contributed by atoms with Crippen LogP contribution in [0.5, 0.6) is 0 Å². The Morgan fingerprint density at radius 2 is 2.16 bits per heavy atom. The Bertz CT molecular complexity index is 877. The molecule has 2 aromatic heterocycles. The van der Waals surface area contributed by atoms with E-state index in [1.807, 2.05) is 42.0 Å². The maximum atomic E-state index is 12.4. The molecule has 2 heterocycles. The number of fused-ring (bicyclic) bond motifs is 1.